The lowest BCUT2D eigenvalue weighted by molar-refractivity contribution is 0.0955. The van der Waals surface area contributed by atoms with Gasteiger partial charge in [-0.25, -0.2) is 14.4 Å². The Morgan fingerprint density at radius 1 is 1.25 bits per heavy atom. The number of halogens is 2. The summed E-state index contributed by atoms with van der Waals surface area (Å²) in [6.07, 6.45) is 0. The summed E-state index contributed by atoms with van der Waals surface area (Å²) >= 11 is 5.86. The van der Waals surface area contributed by atoms with Gasteiger partial charge in [-0.05, 0) is 25.1 Å². The first-order valence-electron chi connectivity index (χ1n) is 7.37. The molecular weight excluding hydrogens is 333 g/mol. The number of benzene rings is 1. The van der Waals surface area contributed by atoms with E-state index in [0.717, 1.165) is 11.9 Å². The molecule has 0 aliphatic rings. The van der Waals surface area contributed by atoms with Crippen molar-refractivity contribution < 1.29 is 9.18 Å². The van der Waals surface area contributed by atoms with Gasteiger partial charge in [0.05, 0.1) is 10.6 Å². The highest BCUT2D eigenvalue weighted by Crippen LogP contribution is 2.17. The number of aryl methyl sites for hydroxylation is 1. The largest absolute Gasteiger partial charge is 0.368 e. The van der Waals surface area contributed by atoms with Gasteiger partial charge in [0.15, 0.2) is 0 Å². The summed E-state index contributed by atoms with van der Waals surface area (Å²) in [5.74, 6) is 1.31. The molecule has 1 aromatic carbocycles. The molecular formula is C16H19ClFN5O. The SMILES string of the molecule is Cc1nc(NCCNC(=O)c2ccc(F)cc2Cl)cc(N(C)C)n1. The van der Waals surface area contributed by atoms with E-state index in [-0.39, 0.29) is 16.5 Å². The Balaban J connectivity index is 1.88. The van der Waals surface area contributed by atoms with Crippen molar-refractivity contribution in [3.63, 3.8) is 0 Å². The molecule has 0 saturated carbocycles. The number of aromatic nitrogens is 2. The van der Waals surface area contributed by atoms with E-state index in [4.69, 9.17) is 11.6 Å². The van der Waals surface area contributed by atoms with Crippen molar-refractivity contribution in [1.82, 2.24) is 15.3 Å². The highest BCUT2D eigenvalue weighted by atomic mass is 35.5. The summed E-state index contributed by atoms with van der Waals surface area (Å²) in [4.78, 5) is 22.5. The molecule has 128 valence electrons. The summed E-state index contributed by atoms with van der Waals surface area (Å²) < 4.78 is 13.0. The molecule has 0 aliphatic carbocycles. The van der Waals surface area contributed by atoms with Gasteiger partial charge in [-0.2, -0.15) is 0 Å². The smallest absolute Gasteiger partial charge is 0.252 e. The molecule has 0 aliphatic heterocycles. The third-order valence-corrected chi connectivity index (χ3v) is 3.49. The van der Waals surface area contributed by atoms with Crippen LogP contribution in [0.1, 0.15) is 16.2 Å². The predicted molar refractivity (Wildman–Crippen MR) is 93.3 cm³/mol. The fraction of sp³-hybridized carbons (Fsp3) is 0.312. The summed E-state index contributed by atoms with van der Waals surface area (Å²) in [5.41, 5.74) is 0.242. The quantitative estimate of drug-likeness (QED) is 0.782. The van der Waals surface area contributed by atoms with E-state index < -0.39 is 5.82 Å². The van der Waals surface area contributed by atoms with E-state index in [1.807, 2.05) is 32.0 Å². The number of rotatable bonds is 6. The Kier molecular flexibility index (Phi) is 5.92. The van der Waals surface area contributed by atoms with Crippen molar-refractivity contribution in [3.05, 3.63) is 46.5 Å². The van der Waals surface area contributed by atoms with Crippen molar-refractivity contribution in [1.29, 1.82) is 0 Å². The Morgan fingerprint density at radius 3 is 2.67 bits per heavy atom. The molecule has 0 fully saturated rings. The Hall–Kier alpha value is -2.41. The molecule has 1 aromatic heterocycles. The Morgan fingerprint density at radius 2 is 2.00 bits per heavy atom. The lowest BCUT2D eigenvalue weighted by Gasteiger charge is -2.14. The number of anilines is 2. The van der Waals surface area contributed by atoms with Crippen LogP contribution in [0.25, 0.3) is 0 Å². The number of carbonyl (C=O) groups is 1. The molecule has 1 heterocycles. The number of nitrogens with one attached hydrogen (secondary N) is 2. The molecule has 2 N–H and O–H groups in total. The van der Waals surface area contributed by atoms with Crippen LogP contribution in [0, 0.1) is 12.7 Å². The van der Waals surface area contributed by atoms with E-state index in [1.54, 1.807) is 0 Å². The molecule has 0 spiro atoms. The van der Waals surface area contributed by atoms with Crippen LogP contribution in [-0.2, 0) is 0 Å². The average molecular weight is 352 g/mol. The maximum atomic E-state index is 13.0. The number of nitrogens with zero attached hydrogens (tertiary/aromatic N) is 3. The normalized spacial score (nSPS) is 10.4. The molecule has 6 nitrogen and oxygen atoms in total. The maximum Gasteiger partial charge on any atom is 0.252 e. The van der Waals surface area contributed by atoms with Gasteiger partial charge in [0.1, 0.15) is 23.3 Å². The minimum atomic E-state index is -0.478. The van der Waals surface area contributed by atoms with Crippen LogP contribution < -0.4 is 15.5 Å². The third-order valence-electron chi connectivity index (χ3n) is 3.18. The van der Waals surface area contributed by atoms with Gasteiger partial charge in [0.25, 0.3) is 5.91 Å². The zero-order valence-corrected chi connectivity index (χ0v) is 14.5. The summed E-state index contributed by atoms with van der Waals surface area (Å²) in [6, 6.07) is 5.50. The maximum absolute atomic E-state index is 13.0. The van der Waals surface area contributed by atoms with Crippen LogP contribution in [0.2, 0.25) is 5.02 Å². The van der Waals surface area contributed by atoms with Crippen molar-refractivity contribution in [3.8, 4) is 0 Å². The lowest BCUT2D eigenvalue weighted by atomic mass is 10.2. The Labute approximate surface area is 145 Å². The number of amides is 1. The molecule has 0 bridgehead atoms. The summed E-state index contributed by atoms with van der Waals surface area (Å²) in [6.45, 7) is 2.66. The minimum absolute atomic E-state index is 0.0857. The van der Waals surface area contributed by atoms with Crippen LogP contribution in [0.4, 0.5) is 16.0 Å². The zero-order valence-electron chi connectivity index (χ0n) is 13.7. The van der Waals surface area contributed by atoms with Crippen LogP contribution in [-0.4, -0.2) is 43.1 Å². The molecule has 2 rings (SSSR count). The average Bonchev–Trinajstić information content (AvgIpc) is 2.50. The Bertz CT molecular complexity index is 738. The highest BCUT2D eigenvalue weighted by molar-refractivity contribution is 6.33. The third kappa shape index (κ3) is 4.79. The summed E-state index contributed by atoms with van der Waals surface area (Å²) in [7, 11) is 3.80. The zero-order chi connectivity index (χ0) is 17.7. The monoisotopic (exact) mass is 351 g/mol. The van der Waals surface area contributed by atoms with E-state index >= 15 is 0 Å². The van der Waals surface area contributed by atoms with E-state index in [9.17, 15) is 9.18 Å². The molecule has 1 amide bonds. The number of carbonyl (C=O) groups excluding carboxylic acids is 1. The summed E-state index contributed by atoms with van der Waals surface area (Å²) in [5, 5.41) is 5.93. The van der Waals surface area contributed by atoms with Crippen LogP contribution in [0.15, 0.2) is 24.3 Å². The van der Waals surface area contributed by atoms with Gasteiger partial charge in [-0.15, -0.1) is 0 Å². The molecule has 0 saturated heterocycles. The highest BCUT2D eigenvalue weighted by Gasteiger charge is 2.10. The van der Waals surface area contributed by atoms with Gasteiger partial charge in [0.2, 0.25) is 0 Å². The second kappa shape index (κ2) is 7.92. The minimum Gasteiger partial charge on any atom is -0.368 e. The van der Waals surface area contributed by atoms with Crippen molar-refractivity contribution >= 4 is 29.1 Å². The fourth-order valence-corrected chi connectivity index (χ4v) is 2.26. The van der Waals surface area contributed by atoms with E-state index in [2.05, 4.69) is 20.6 Å². The molecule has 2 aromatic rings. The number of hydrogen-bond donors (Lipinski definition) is 2. The molecule has 8 heteroatoms. The number of hydrogen-bond acceptors (Lipinski definition) is 5. The van der Waals surface area contributed by atoms with Gasteiger partial charge >= 0.3 is 0 Å². The second-order valence-electron chi connectivity index (χ2n) is 5.36. The van der Waals surface area contributed by atoms with Crippen molar-refractivity contribution in [2.75, 3.05) is 37.4 Å². The first kappa shape index (κ1) is 17.9. The van der Waals surface area contributed by atoms with Crippen molar-refractivity contribution in [2.24, 2.45) is 0 Å². The van der Waals surface area contributed by atoms with Gasteiger partial charge in [-0.3, -0.25) is 4.79 Å². The topological polar surface area (TPSA) is 70.2 Å². The predicted octanol–water partition coefficient (Wildman–Crippen LogP) is 2.49. The van der Waals surface area contributed by atoms with Crippen LogP contribution in [0.3, 0.4) is 0 Å². The van der Waals surface area contributed by atoms with Gasteiger partial charge < -0.3 is 15.5 Å². The molecule has 24 heavy (non-hydrogen) atoms. The van der Waals surface area contributed by atoms with Gasteiger partial charge in [-0.1, -0.05) is 11.6 Å². The standard InChI is InChI=1S/C16H19ClFN5O/c1-10-21-14(9-15(22-10)23(2)3)19-6-7-20-16(24)12-5-4-11(18)8-13(12)17/h4-5,8-9H,6-7H2,1-3H3,(H,20,24)(H,19,21,22). The van der Waals surface area contributed by atoms with Gasteiger partial charge in [0, 0.05) is 33.3 Å². The molecule has 0 unspecified atom stereocenters. The van der Waals surface area contributed by atoms with Crippen LogP contribution in [0.5, 0.6) is 0 Å². The molecule has 0 atom stereocenters. The fourth-order valence-electron chi connectivity index (χ4n) is 2.01. The lowest BCUT2D eigenvalue weighted by Crippen LogP contribution is -2.29. The molecule has 0 radical (unpaired) electrons. The first-order chi connectivity index (χ1) is 11.4. The van der Waals surface area contributed by atoms with E-state index in [1.165, 1.54) is 12.1 Å². The second-order valence-corrected chi connectivity index (χ2v) is 5.77. The van der Waals surface area contributed by atoms with E-state index in [0.29, 0.717) is 24.7 Å². The first-order valence-corrected chi connectivity index (χ1v) is 7.75. The van der Waals surface area contributed by atoms with Crippen LogP contribution >= 0.6 is 11.6 Å². The van der Waals surface area contributed by atoms with Crippen molar-refractivity contribution in [2.45, 2.75) is 6.92 Å².